The predicted octanol–water partition coefficient (Wildman–Crippen LogP) is -0.280. The van der Waals surface area contributed by atoms with Crippen LogP contribution in [0.3, 0.4) is 0 Å². The van der Waals surface area contributed by atoms with Crippen LogP contribution in [-0.2, 0) is 10.5 Å². The Balaban J connectivity index is 1.95. The van der Waals surface area contributed by atoms with Crippen LogP contribution in [0.2, 0.25) is 0 Å². The van der Waals surface area contributed by atoms with E-state index in [1.807, 2.05) is 30.3 Å². The molecular formula is C13H18O5S. The average Bonchev–Trinajstić information content (AvgIpc) is 2.45. The summed E-state index contributed by atoms with van der Waals surface area (Å²) in [5, 5.41) is 38.3. The van der Waals surface area contributed by atoms with Crippen LogP contribution in [-0.4, -0.2) is 56.9 Å². The fourth-order valence-corrected chi connectivity index (χ4v) is 3.09. The van der Waals surface area contributed by atoms with Crippen molar-refractivity contribution >= 4 is 11.8 Å². The molecule has 0 aliphatic carbocycles. The van der Waals surface area contributed by atoms with Gasteiger partial charge in [0.05, 0.1) is 6.61 Å². The van der Waals surface area contributed by atoms with Crippen LogP contribution in [0.25, 0.3) is 0 Å². The molecule has 0 radical (unpaired) electrons. The van der Waals surface area contributed by atoms with Gasteiger partial charge in [0.25, 0.3) is 0 Å². The third-order valence-corrected chi connectivity index (χ3v) is 4.32. The van der Waals surface area contributed by atoms with Gasteiger partial charge in [-0.2, -0.15) is 0 Å². The second-order valence-electron chi connectivity index (χ2n) is 4.49. The molecule has 0 spiro atoms. The summed E-state index contributed by atoms with van der Waals surface area (Å²) in [6, 6.07) is 9.67. The predicted molar refractivity (Wildman–Crippen MR) is 71.5 cm³/mol. The van der Waals surface area contributed by atoms with Gasteiger partial charge >= 0.3 is 0 Å². The summed E-state index contributed by atoms with van der Waals surface area (Å²) in [5.41, 5.74) is 0.403. The van der Waals surface area contributed by atoms with Gasteiger partial charge in [-0.25, -0.2) is 0 Å². The maximum absolute atomic E-state index is 9.86. The fraction of sp³-hybridized carbons (Fsp3) is 0.538. The molecule has 0 bridgehead atoms. The van der Waals surface area contributed by atoms with Crippen LogP contribution in [0.5, 0.6) is 0 Å². The molecule has 1 fully saturated rings. The molecule has 1 aliphatic rings. The Kier molecular flexibility index (Phi) is 5.20. The second kappa shape index (κ2) is 6.69. The summed E-state index contributed by atoms with van der Waals surface area (Å²) in [6.07, 6.45) is -4.62. The van der Waals surface area contributed by atoms with E-state index in [-0.39, 0.29) is 0 Å². The Bertz CT molecular complexity index is 386. The molecule has 2 rings (SSSR count). The molecule has 6 heteroatoms. The molecule has 0 unspecified atom stereocenters. The van der Waals surface area contributed by atoms with E-state index in [0.717, 1.165) is 5.56 Å². The standard InChI is InChI=1S/C13H18O5S/c14-6-9-10(15)11(16)12(17)13(18-9)19-7-8-4-2-1-3-5-8/h1-5,9-17H,6-7H2/t9-,10-,11+,12+,13-/m1/s1. The Hall–Kier alpha value is -0.630. The molecule has 1 aliphatic heterocycles. The number of hydrogen-bond donors (Lipinski definition) is 4. The fourth-order valence-electron chi connectivity index (χ4n) is 1.96. The summed E-state index contributed by atoms with van der Waals surface area (Å²) in [4.78, 5) is 0. The zero-order valence-electron chi connectivity index (χ0n) is 10.3. The second-order valence-corrected chi connectivity index (χ2v) is 5.58. The Labute approximate surface area is 115 Å². The minimum Gasteiger partial charge on any atom is -0.394 e. The van der Waals surface area contributed by atoms with Gasteiger partial charge in [-0.05, 0) is 5.56 Å². The highest BCUT2D eigenvalue weighted by Crippen LogP contribution is 2.30. The number of thioether (sulfide) groups is 1. The van der Waals surface area contributed by atoms with Gasteiger partial charge < -0.3 is 25.2 Å². The topological polar surface area (TPSA) is 90.2 Å². The lowest BCUT2D eigenvalue weighted by atomic mass is 10.0. The molecule has 0 saturated carbocycles. The van der Waals surface area contributed by atoms with Crippen molar-refractivity contribution in [2.24, 2.45) is 0 Å². The zero-order chi connectivity index (χ0) is 13.8. The van der Waals surface area contributed by atoms with Crippen LogP contribution in [0.1, 0.15) is 5.56 Å². The van der Waals surface area contributed by atoms with Crippen LogP contribution in [0.15, 0.2) is 30.3 Å². The van der Waals surface area contributed by atoms with Crippen molar-refractivity contribution in [2.45, 2.75) is 35.6 Å². The molecule has 1 aromatic carbocycles. The van der Waals surface area contributed by atoms with Crippen molar-refractivity contribution in [2.75, 3.05) is 6.61 Å². The van der Waals surface area contributed by atoms with Crippen molar-refractivity contribution in [3.8, 4) is 0 Å². The van der Waals surface area contributed by atoms with E-state index in [0.29, 0.717) is 5.75 Å². The molecule has 5 atom stereocenters. The third-order valence-electron chi connectivity index (χ3n) is 3.11. The lowest BCUT2D eigenvalue weighted by Gasteiger charge is -2.39. The number of ether oxygens (including phenoxy) is 1. The Morgan fingerprint density at radius 2 is 1.68 bits per heavy atom. The Morgan fingerprint density at radius 3 is 2.32 bits per heavy atom. The third kappa shape index (κ3) is 3.47. The van der Waals surface area contributed by atoms with Crippen LogP contribution < -0.4 is 0 Å². The first kappa shape index (κ1) is 14.8. The molecule has 4 N–H and O–H groups in total. The maximum Gasteiger partial charge on any atom is 0.132 e. The maximum atomic E-state index is 9.86. The van der Waals surface area contributed by atoms with Gasteiger partial charge in [-0.1, -0.05) is 30.3 Å². The van der Waals surface area contributed by atoms with Gasteiger partial charge in [-0.3, -0.25) is 0 Å². The summed E-state index contributed by atoms with van der Waals surface area (Å²) in [6.45, 7) is -0.395. The lowest BCUT2D eigenvalue weighted by molar-refractivity contribution is -0.205. The molecule has 5 nitrogen and oxygen atoms in total. The van der Waals surface area contributed by atoms with Crippen molar-refractivity contribution in [1.29, 1.82) is 0 Å². The number of rotatable bonds is 4. The first-order valence-electron chi connectivity index (χ1n) is 6.09. The summed E-state index contributed by atoms with van der Waals surface area (Å²) >= 11 is 1.33. The highest BCUT2D eigenvalue weighted by atomic mass is 32.2. The van der Waals surface area contributed by atoms with Gasteiger partial charge in [0, 0.05) is 5.75 Å². The highest BCUT2D eigenvalue weighted by Gasteiger charge is 2.43. The van der Waals surface area contributed by atoms with Gasteiger partial charge in [-0.15, -0.1) is 11.8 Å². The minimum absolute atomic E-state index is 0.395. The van der Waals surface area contributed by atoms with Crippen LogP contribution in [0, 0.1) is 0 Å². The van der Waals surface area contributed by atoms with E-state index in [9.17, 15) is 15.3 Å². The summed E-state index contributed by atoms with van der Waals surface area (Å²) < 4.78 is 5.41. The molecular weight excluding hydrogens is 268 g/mol. The molecule has 1 aromatic rings. The van der Waals surface area contributed by atoms with Gasteiger partial charge in [0.2, 0.25) is 0 Å². The number of aliphatic hydroxyl groups excluding tert-OH is 4. The van der Waals surface area contributed by atoms with Crippen LogP contribution in [0.4, 0.5) is 0 Å². The first-order chi connectivity index (χ1) is 9.13. The first-order valence-corrected chi connectivity index (χ1v) is 7.14. The normalized spacial score (nSPS) is 35.3. The van der Waals surface area contributed by atoms with E-state index in [2.05, 4.69) is 0 Å². The van der Waals surface area contributed by atoms with E-state index >= 15 is 0 Å². The quantitative estimate of drug-likeness (QED) is 0.609. The highest BCUT2D eigenvalue weighted by molar-refractivity contribution is 7.99. The molecule has 19 heavy (non-hydrogen) atoms. The molecule has 0 aromatic heterocycles. The molecule has 1 heterocycles. The van der Waals surface area contributed by atoms with Crippen molar-refractivity contribution in [1.82, 2.24) is 0 Å². The molecule has 106 valence electrons. The van der Waals surface area contributed by atoms with Crippen LogP contribution >= 0.6 is 11.8 Å². The minimum atomic E-state index is -1.31. The Morgan fingerprint density at radius 1 is 1.00 bits per heavy atom. The molecule has 0 amide bonds. The monoisotopic (exact) mass is 286 g/mol. The largest absolute Gasteiger partial charge is 0.394 e. The number of benzene rings is 1. The smallest absolute Gasteiger partial charge is 0.132 e. The summed E-state index contributed by atoms with van der Waals surface area (Å²) in [5.74, 6) is 0.615. The average molecular weight is 286 g/mol. The SMILES string of the molecule is OC[C@H]1O[C@H](SCc2ccccc2)[C@@H](O)[C@@H](O)[C@@H]1O. The molecule has 1 saturated heterocycles. The number of aliphatic hydroxyl groups is 4. The van der Waals surface area contributed by atoms with Gasteiger partial charge in [0.1, 0.15) is 29.9 Å². The van der Waals surface area contributed by atoms with Gasteiger partial charge in [0.15, 0.2) is 0 Å². The van der Waals surface area contributed by atoms with E-state index in [1.165, 1.54) is 11.8 Å². The summed E-state index contributed by atoms with van der Waals surface area (Å²) in [7, 11) is 0. The van der Waals surface area contributed by atoms with Crippen molar-refractivity contribution in [3.05, 3.63) is 35.9 Å². The number of hydrogen-bond acceptors (Lipinski definition) is 6. The lowest BCUT2D eigenvalue weighted by Crippen LogP contribution is -2.57. The van der Waals surface area contributed by atoms with E-state index in [4.69, 9.17) is 9.84 Å². The van der Waals surface area contributed by atoms with Crippen molar-refractivity contribution in [3.63, 3.8) is 0 Å². The van der Waals surface area contributed by atoms with Crippen molar-refractivity contribution < 1.29 is 25.2 Å². The van der Waals surface area contributed by atoms with E-state index < -0.39 is 36.5 Å². The zero-order valence-corrected chi connectivity index (χ0v) is 11.1. The van der Waals surface area contributed by atoms with E-state index in [1.54, 1.807) is 0 Å².